The van der Waals surface area contributed by atoms with Crippen LogP contribution in [0.1, 0.15) is 31.4 Å². The van der Waals surface area contributed by atoms with Crippen molar-refractivity contribution < 1.29 is 14.6 Å². The van der Waals surface area contributed by atoms with Gasteiger partial charge in [-0.3, -0.25) is 9.69 Å². The summed E-state index contributed by atoms with van der Waals surface area (Å²) in [6.45, 7) is 3.89. The molecule has 1 amide bonds. The third-order valence-corrected chi connectivity index (χ3v) is 4.40. The van der Waals surface area contributed by atoms with Crippen LogP contribution in [0.15, 0.2) is 24.3 Å². The van der Waals surface area contributed by atoms with Gasteiger partial charge in [0, 0.05) is 25.1 Å². The molecule has 1 aromatic carbocycles. The average molecular weight is 290 g/mol. The van der Waals surface area contributed by atoms with Crippen LogP contribution in [0.3, 0.4) is 0 Å². The molecule has 0 radical (unpaired) electrons. The second kappa shape index (κ2) is 6.03. The van der Waals surface area contributed by atoms with Crippen LogP contribution in [0.5, 0.6) is 5.75 Å². The first-order valence-corrected chi connectivity index (χ1v) is 7.59. The lowest BCUT2D eigenvalue weighted by Gasteiger charge is -2.29. The number of carbonyl (C=O) groups excluding carboxylic acids is 1. The first-order chi connectivity index (χ1) is 10.1. The lowest BCUT2D eigenvalue weighted by molar-refractivity contribution is -0.126. The summed E-state index contributed by atoms with van der Waals surface area (Å²) in [5.41, 5.74) is 1.05. The minimum Gasteiger partial charge on any atom is -0.493 e. The van der Waals surface area contributed by atoms with Crippen molar-refractivity contribution in [3.8, 4) is 5.75 Å². The van der Waals surface area contributed by atoms with Gasteiger partial charge in [-0.15, -0.1) is 0 Å². The number of benzene rings is 1. The number of aliphatic hydroxyl groups excluding tert-OH is 1. The Morgan fingerprint density at radius 3 is 3.00 bits per heavy atom. The molecule has 21 heavy (non-hydrogen) atoms. The number of hydrogen-bond donors (Lipinski definition) is 2. The van der Waals surface area contributed by atoms with Crippen LogP contribution in [0, 0.1) is 0 Å². The molecule has 2 unspecified atom stereocenters. The van der Waals surface area contributed by atoms with E-state index in [4.69, 9.17) is 4.74 Å². The van der Waals surface area contributed by atoms with Crippen molar-refractivity contribution in [3.05, 3.63) is 29.8 Å². The zero-order valence-corrected chi connectivity index (χ0v) is 12.3. The number of fused-ring (bicyclic) bond motifs is 1. The van der Waals surface area contributed by atoms with Crippen LogP contribution in [0.25, 0.3) is 0 Å². The van der Waals surface area contributed by atoms with Crippen molar-refractivity contribution in [1.82, 2.24) is 10.2 Å². The van der Waals surface area contributed by atoms with Gasteiger partial charge in [-0.2, -0.15) is 0 Å². The number of amides is 1. The predicted molar refractivity (Wildman–Crippen MR) is 79.1 cm³/mol. The molecule has 3 atom stereocenters. The summed E-state index contributed by atoms with van der Waals surface area (Å²) in [4.78, 5) is 14.5. The maximum atomic E-state index is 12.4. The molecule has 2 aliphatic heterocycles. The summed E-state index contributed by atoms with van der Waals surface area (Å²) < 4.78 is 5.61. The fourth-order valence-corrected chi connectivity index (χ4v) is 3.07. The highest BCUT2D eigenvalue weighted by atomic mass is 16.5. The summed E-state index contributed by atoms with van der Waals surface area (Å²) in [6.07, 6.45) is 1.24. The highest BCUT2D eigenvalue weighted by Crippen LogP contribution is 2.31. The second-order valence-electron chi connectivity index (χ2n) is 5.85. The number of nitrogens with zero attached hydrogens (tertiary/aromatic N) is 1. The summed E-state index contributed by atoms with van der Waals surface area (Å²) in [5.74, 6) is 0.879. The maximum absolute atomic E-state index is 12.4. The molecule has 1 aromatic rings. The van der Waals surface area contributed by atoms with Gasteiger partial charge in [0.2, 0.25) is 5.91 Å². The van der Waals surface area contributed by atoms with Gasteiger partial charge >= 0.3 is 0 Å². The Morgan fingerprint density at radius 1 is 1.43 bits per heavy atom. The minimum atomic E-state index is -0.302. The summed E-state index contributed by atoms with van der Waals surface area (Å²) in [6, 6.07) is 7.65. The number of hydrogen-bond acceptors (Lipinski definition) is 4. The number of β-amino-alcohol motifs (C(OH)–C–C–N with tert-alkyl or cyclic N) is 1. The normalized spacial score (nSPS) is 26.8. The van der Waals surface area contributed by atoms with Crippen molar-refractivity contribution in [1.29, 1.82) is 0 Å². The molecule has 0 aliphatic carbocycles. The lowest BCUT2D eigenvalue weighted by atomic mass is 10.0. The Morgan fingerprint density at radius 2 is 2.24 bits per heavy atom. The van der Waals surface area contributed by atoms with E-state index in [2.05, 4.69) is 5.32 Å². The Kier molecular flexibility index (Phi) is 4.12. The molecule has 5 nitrogen and oxygen atoms in total. The highest BCUT2D eigenvalue weighted by Gasteiger charge is 2.30. The second-order valence-corrected chi connectivity index (χ2v) is 5.85. The van der Waals surface area contributed by atoms with Crippen LogP contribution in [-0.2, 0) is 4.79 Å². The van der Waals surface area contributed by atoms with Gasteiger partial charge in [-0.25, -0.2) is 0 Å². The van der Waals surface area contributed by atoms with E-state index in [-0.39, 0.29) is 24.1 Å². The van der Waals surface area contributed by atoms with Gasteiger partial charge in [0.25, 0.3) is 0 Å². The van der Waals surface area contributed by atoms with Crippen molar-refractivity contribution in [3.63, 3.8) is 0 Å². The predicted octanol–water partition coefficient (Wildman–Crippen LogP) is 1.08. The maximum Gasteiger partial charge on any atom is 0.237 e. The molecule has 1 fully saturated rings. The summed E-state index contributed by atoms with van der Waals surface area (Å²) >= 11 is 0. The van der Waals surface area contributed by atoms with E-state index in [0.29, 0.717) is 13.2 Å². The van der Waals surface area contributed by atoms with E-state index in [1.165, 1.54) is 0 Å². The van der Waals surface area contributed by atoms with Gasteiger partial charge in [-0.05, 0) is 19.4 Å². The average Bonchev–Trinajstić information content (AvgIpc) is 2.93. The third kappa shape index (κ3) is 3.04. The third-order valence-electron chi connectivity index (χ3n) is 4.40. The van der Waals surface area contributed by atoms with Crippen LogP contribution in [-0.4, -0.2) is 47.8 Å². The zero-order chi connectivity index (χ0) is 14.8. The Bertz CT molecular complexity index is 520. The molecular weight excluding hydrogens is 268 g/mol. The first-order valence-electron chi connectivity index (χ1n) is 7.59. The molecule has 5 heteroatoms. The van der Waals surface area contributed by atoms with Crippen molar-refractivity contribution in [2.45, 2.75) is 38.0 Å². The van der Waals surface area contributed by atoms with Gasteiger partial charge in [0.1, 0.15) is 5.75 Å². The number of aliphatic hydroxyl groups is 1. The largest absolute Gasteiger partial charge is 0.493 e. The number of likely N-dealkylation sites (tertiary alicyclic amines) is 1. The molecule has 0 aromatic heterocycles. The van der Waals surface area contributed by atoms with E-state index in [1.54, 1.807) is 0 Å². The van der Waals surface area contributed by atoms with E-state index in [1.807, 2.05) is 36.1 Å². The number of carbonyl (C=O) groups is 1. The van der Waals surface area contributed by atoms with Gasteiger partial charge in [-0.1, -0.05) is 18.2 Å². The Balaban J connectivity index is 1.65. The molecule has 2 heterocycles. The number of rotatable bonds is 3. The monoisotopic (exact) mass is 290 g/mol. The van der Waals surface area contributed by atoms with Crippen LogP contribution in [0.4, 0.5) is 0 Å². The fourth-order valence-electron chi connectivity index (χ4n) is 3.07. The molecule has 1 saturated heterocycles. The van der Waals surface area contributed by atoms with Gasteiger partial charge < -0.3 is 15.2 Å². The minimum absolute atomic E-state index is 0.0115. The summed E-state index contributed by atoms with van der Waals surface area (Å²) in [5, 5.41) is 12.7. The van der Waals surface area contributed by atoms with E-state index < -0.39 is 0 Å². The van der Waals surface area contributed by atoms with Crippen molar-refractivity contribution in [2.24, 2.45) is 0 Å². The van der Waals surface area contributed by atoms with E-state index in [0.717, 1.165) is 30.7 Å². The smallest absolute Gasteiger partial charge is 0.237 e. The van der Waals surface area contributed by atoms with Crippen LogP contribution >= 0.6 is 0 Å². The van der Waals surface area contributed by atoms with Crippen LogP contribution < -0.4 is 10.1 Å². The highest BCUT2D eigenvalue weighted by molar-refractivity contribution is 5.82. The molecule has 3 rings (SSSR count). The van der Waals surface area contributed by atoms with Crippen molar-refractivity contribution >= 4 is 5.91 Å². The fraction of sp³-hybridized carbons (Fsp3) is 0.562. The van der Waals surface area contributed by atoms with E-state index in [9.17, 15) is 9.90 Å². The summed E-state index contributed by atoms with van der Waals surface area (Å²) in [7, 11) is 0. The number of nitrogens with one attached hydrogen (secondary N) is 1. The first kappa shape index (κ1) is 14.4. The molecular formula is C16H22N2O3. The topological polar surface area (TPSA) is 61.8 Å². The molecule has 0 saturated carbocycles. The lowest BCUT2D eigenvalue weighted by Crippen LogP contribution is -2.46. The standard InChI is InChI=1S/C16H22N2O3/c1-11(18-8-6-12(19)10-18)16(20)17-14-7-9-21-15-5-3-2-4-13(14)15/h2-5,11-12,14,19H,6-10H2,1H3,(H,17,20)/t11?,12-,14?/m0/s1. The zero-order valence-electron chi connectivity index (χ0n) is 12.3. The Labute approximate surface area is 124 Å². The number of para-hydroxylation sites is 1. The molecule has 2 N–H and O–H groups in total. The van der Waals surface area contributed by atoms with Crippen LogP contribution in [0.2, 0.25) is 0 Å². The molecule has 0 bridgehead atoms. The number of ether oxygens (including phenoxy) is 1. The quantitative estimate of drug-likeness (QED) is 0.874. The SMILES string of the molecule is CC(C(=O)NC1CCOc2ccccc21)N1CC[C@H](O)C1. The molecule has 2 aliphatic rings. The van der Waals surface area contributed by atoms with Gasteiger partial charge in [0.15, 0.2) is 0 Å². The van der Waals surface area contributed by atoms with Gasteiger partial charge in [0.05, 0.1) is 24.8 Å². The molecule has 114 valence electrons. The Hall–Kier alpha value is -1.59. The van der Waals surface area contributed by atoms with Crippen molar-refractivity contribution in [2.75, 3.05) is 19.7 Å². The van der Waals surface area contributed by atoms with E-state index >= 15 is 0 Å². The molecule has 0 spiro atoms.